The Balaban J connectivity index is 2.22. The van der Waals surface area contributed by atoms with Crippen molar-refractivity contribution in [2.75, 3.05) is 0 Å². The number of hydrogen-bond acceptors (Lipinski definition) is 1. The molecule has 0 radical (unpaired) electrons. The fourth-order valence-corrected chi connectivity index (χ4v) is 4.49. The standard InChI is InChI=1S/C23H30OSi/c1-4-5-6-13-18-23(24)19-14-8-7-9-15-20-25(2,3)21-22-16-11-10-12-17-22/h1,10-12,16-17,23-24H,5-9,13,18,21H2,2-3H3. The Morgan fingerprint density at radius 2 is 1.72 bits per heavy atom. The first-order valence-corrected chi connectivity index (χ1v) is 12.4. The number of aliphatic hydroxyl groups is 1. The molecule has 1 nitrogen and oxygen atoms in total. The van der Waals surface area contributed by atoms with Gasteiger partial charge >= 0.3 is 0 Å². The number of terminal acetylenes is 1. The highest BCUT2D eigenvalue weighted by Crippen LogP contribution is 2.11. The van der Waals surface area contributed by atoms with E-state index in [4.69, 9.17) is 6.42 Å². The number of rotatable bonds is 8. The molecule has 0 saturated heterocycles. The number of unbranched alkanes of at least 4 members (excludes halogenated alkanes) is 4. The summed E-state index contributed by atoms with van der Waals surface area (Å²) in [5.74, 6) is 11.9. The molecule has 0 aliphatic carbocycles. The Labute approximate surface area is 155 Å². The van der Waals surface area contributed by atoms with Crippen molar-refractivity contribution in [3.05, 3.63) is 35.9 Å². The van der Waals surface area contributed by atoms with Crippen molar-refractivity contribution >= 4 is 8.07 Å². The summed E-state index contributed by atoms with van der Waals surface area (Å²) in [5, 5.41) is 9.75. The Morgan fingerprint density at radius 3 is 2.44 bits per heavy atom. The molecule has 1 unspecified atom stereocenters. The first kappa shape index (κ1) is 21.1. The van der Waals surface area contributed by atoms with Crippen LogP contribution >= 0.6 is 0 Å². The summed E-state index contributed by atoms with van der Waals surface area (Å²) < 4.78 is 0. The van der Waals surface area contributed by atoms with Gasteiger partial charge in [0.05, 0.1) is 0 Å². The molecule has 1 N–H and O–H groups in total. The van der Waals surface area contributed by atoms with Crippen molar-refractivity contribution in [3.63, 3.8) is 0 Å². The summed E-state index contributed by atoms with van der Waals surface area (Å²) in [6.45, 7) is 4.65. The van der Waals surface area contributed by atoms with Crippen LogP contribution in [0.15, 0.2) is 30.3 Å². The minimum absolute atomic E-state index is 0.513. The fourth-order valence-electron chi connectivity index (χ4n) is 2.54. The lowest BCUT2D eigenvalue weighted by molar-refractivity contribution is 0.218. The van der Waals surface area contributed by atoms with Crippen molar-refractivity contribution in [1.29, 1.82) is 0 Å². The van der Waals surface area contributed by atoms with Gasteiger partial charge in [-0.25, -0.2) is 0 Å². The van der Waals surface area contributed by atoms with Crippen LogP contribution in [0.5, 0.6) is 0 Å². The average molecular weight is 351 g/mol. The summed E-state index contributed by atoms with van der Waals surface area (Å²) in [4.78, 5) is 0. The Bertz CT molecular complexity index is 647. The van der Waals surface area contributed by atoms with Crippen molar-refractivity contribution in [2.24, 2.45) is 0 Å². The van der Waals surface area contributed by atoms with E-state index in [0.717, 1.165) is 44.6 Å². The zero-order valence-electron chi connectivity index (χ0n) is 15.6. The van der Waals surface area contributed by atoms with Crippen LogP contribution in [0.2, 0.25) is 13.1 Å². The second kappa shape index (κ2) is 12.4. The maximum atomic E-state index is 9.75. The molecular formula is C23H30OSi. The Kier molecular flexibility index (Phi) is 10.5. The highest BCUT2D eigenvalue weighted by atomic mass is 28.3. The van der Waals surface area contributed by atoms with E-state index < -0.39 is 14.2 Å². The van der Waals surface area contributed by atoms with Gasteiger partial charge in [-0.3, -0.25) is 0 Å². The third kappa shape index (κ3) is 11.3. The minimum atomic E-state index is -1.50. The molecule has 0 heterocycles. The molecule has 1 atom stereocenters. The first-order chi connectivity index (χ1) is 12.0. The third-order valence-corrected chi connectivity index (χ3v) is 5.98. The topological polar surface area (TPSA) is 20.2 Å². The lowest BCUT2D eigenvalue weighted by Crippen LogP contribution is -2.27. The van der Waals surface area contributed by atoms with Gasteiger partial charge in [-0.15, -0.1) is 29.7 Å². The van der Waals surface area contributed by atoms with Crippen molar-refractivity contribution in [2.45, 2.75) is 70.2 Å². The van der Waals surface area contributed by atoms with Crippen LogP contribution < -0.4 is 0 Å². The number of benzene rings is 1. The molecule has 1 rings (SSSR count). The number of aliphatic hydroxyl groups excluding tert-OH is 1. The molecule has 0 saturated carbocycles. The summed E-state index contributed by atoms with van der Waals surface area (Å²) in [6.07, 6.45) is 10.7. The van der Waals surface area contributed by atoms with Crippen molar-refractivity contribution in [1.82, 2.24) is 0 Å². The third-order valence-electron chi connectivity index (χ3n) is 3.84. The van der Waals surface area contributed by atoms with Gasteiger partial charge in [0, 0.05) is 19.3 Å². The first-order valence-electron chi connectivity index (χ1n) is 9.17. The van der Waals surface area contributed by atoms with Crippen molar-refractivity contribution in [3.8, 4) is 35.6 Å². The predicted molar refractivity (Wildman–Crippen MR) is 110 cm³/mol. The van der Waals surface area contributed by atoms with E-state index in [9.17, 15) is 5.11 Å². The predicted octanol–water partition coefficient (Wildman–Crippen LogP) is 4.75. The molecule has 0 spiro atoms. The maximum Gasteiger partial charge on any atom is 0.136 e. The fraction of sp³-hybridized carbons (Fsp3) is 0.478. The monoisotopic (exact) mass is 350 g/mol. The Morgan fingerprint density at radius 1 is 1.00 bits per heavy atom. The number of hydrogen-bond donors (Lipinski definition) is 1. The van der Waals surface area contributed by atoms with Gasteiger partial charge in [0.15, 0.2) is 0 Å². The van der Waals surface area contributed by atoms with Gasteiger partial charge in [-0.05, 0) is 37.3 Å². The Hall–Kier alpha value is -1.92. The molecule has 0 aliphatic heterocycles. The normalized spacial score (nSPS) is 11.4. The molecule has 0 fully saturated rings. The van der Waals surface area contributed by atoms with Gasteiger partial charge < -0.3 is 5.11 Å². The minimum Gasteiger partial charge on any atom is -0.380 e. The van der Waals surface area contributed by atoms with E-state index in [1.165, 1.54) is 5.56 Å². The zero-order valence-corrected chi connectivity index (χ0v) is 16.6. The lowest BCUT2D eigenvalue weighted by atomic mass is 10.1. The lowest BCUT2D eigenvalue weighted by Gasteiger charge is -2.14. The SMILES string of the molecule is C#CCCCCC(O)C#CCCCC#C[Si](C)(C)Cc1ccccc1. The van der Waals surface area contributed by atoms with E-state index in [1.807, 2.05) is 0 Å². The molecular weight excluding hydrogens is 320 g/mol. The highest BCUT2D eigenvalue weighted by Gasteiger charge is 2.18. The molecule has 132 valence electrons. The maximum absolute atomic E-state index is 9.75. The average Bonchev–Trinajstić information content (AvgIpc) is 2.58. The molecule has 0 bridgehead atoms. The summed E-state index contributed by atoms with van der Waals surface area (Å²) in [5.41, 5.74) is 4.91. The van der Waals surface area contributed by atoms with Gasteiger partial charge in [-0.2, -0.15) is 0 Å². The largest absolute Gasteiger partial charge is 0.380 e. The quantitative estimate of drug-likeness (QED) is 0.408. The molecule has 0 aromatic heterocycles. The van der Waals surface area contributed by atoms with Crippen LogP contribution in [0.25, 0.3) is 0 Å². The van der Waals surface area contributed by atoms with Crippen LogP contribution in [0.4, 0.5) is 0 Å². The van der Waals surface area contributed by atoms with Crippen LogP contribution in [0, 0.1) is 35.6 Å². The van der Waals surface area contributed by atoms with E-state index in [-0.39, 0.29) is 0 Å². The molecule has 0 amide bonds. The van der Waals surface area contributed by atoms with Gasteiger partial charge in [0.1, 0.15) is 14.2 Å². The van der Waals surface area contributed by atoms with Gasteiger partial charge in [0.25, 0.3) is 0 Å². The smallest absolute Gasteiger partial charge is 0.136 e. The molecule has 25 heavy (non-hydrogen) atoms. The summed E-state index contributed by atoms with van der Waals surface area (Å²) in [6, 6.07) is 11.7. The van der Waals surface area contributed by atoms with E-state index in [1.54, 1.807) is 0 Å². The van der Waals surface area contributed by atoms with E-state index in [2.05, 4.69) is 72.7 Å². The summed E-state index contributed by atoms with van der Waals surface area (Å²) >= 11 is 0. The second-order valence-electron chi connectivity index (χ2n) is 6.99. The summed E-state index contributed by atoms with van der Waals surface area (Å²) in [7, 11) is -1.50. The zero-order chi connectivity index (χ0) is 18.4. The van der Waals surface area contributed by atoms with Crippen LogP contribution in [0.1, 0.15) is 50.5 Å². The molecule has 1 aromatic carbocycles. The van der Waals surface area contributed by atoms with Crippen LogP contribution in [-0.2, 0) is 6.04 Å². The second-order valence-corrected chi connectivity index (χ2v) is 11.4. The van der Waals surface area contributed by atoms with E-state index in [0.29, 0.717) is 6.42 Å². The van der Waals surface area contributed by atoms with Crippen LogP contribution in [-0.4, -0.2) is 19.3 Å². The molecule has 2 heteroatoms. The van der Waals surface area contributed by atoms with Gasteiger partial charge in [-0.1, -0.05) is 49.3 Å². The van der Waals surface area contributed by atoms with E-state index >= 15 is 0 Å². The van der Waals surface area contributed by atoms with Crippen LogP contribution in [0.3, 0.4) is 0 Å². The van der Waals surface area contributed by atoms with Gasteiger partial charge in [0.2, 0.25) is 0 Å². The molecule has 1 aromatic rings. The highest BCUT2D eigenvalue weighted by molar-refractivity contribution is 6.84. The van der Waals surface area contributed by atoms with Crippen molar-refractivity contribution < 1.29 is 5.11 Å². The molecule has 0 aliphatic rings.